The normalized spacial score (nSPS) is 11.8. The molecule has 0 radical (unpaired) electrons. The molecule has 4 nitrogen and oxygen atoms in total. The Labute approximate surface area is 96.8 Å². The standard InChI is InChI=1S/C13H10N4/c1-17-7-11-9-5-3-2-4-8(9)10-6-14-15-12(10)13(11)16-17/h2-7H,1H3,(H,14,15). The third kappa shape index (κ3) is 1.02. The summed E-state index contributed by atoms with van der Waals surface area (Å²) in [4.78, 5) is 0. The summed E-state index contributed by atoms with van der Waals surface area (Å²) in [5.74, 6) is 0. The number of hydrogen-bond acceptors (Lipinski definition) is 2. The molecule has 0 atom stereocenters. The number of nitrogens with one attached hydrogen (secondary N) is 1. The van der Waals surface area contributed by atoms with E-state index < -0.39 is 0 Å². The monoisotopic (exact) mass is 222 g/mol. The molecule has 1 N–H and O–H groups in total. The van der Waals surface area contributed by atoms with E-state index in [0.717, 1.165) is 16.4 Å². The van der Waals surface area contributed by atoms with Gasteiger partial charge >= 0.3 is 0 Å². The third-order valence-corrected chi connectivity index (χ3v) is 3.21. The van der Waals surface area contributed by atoms with E-state index in [9.17, 15) is 0 Å². The zero-order valence-corrected chi connectivity index (χ0v) is 9.31. The maximum absolute atomic E-state index is 4.51. The molecular formula is C13H10N4. The minimum Gasteiger partial charge on any atom is -0.276 e. The van der Waals surface area contributed by atoms with Gasteiger partial charge < -0.3 is 0 Å². The Bertz CT molecular complexity index is 854. The summed E-state index contributed by atoms with van der Waals surface area (Å²) < 4.78 is 1.84. The van der Waals surface area contributed by atoms with Crippen LogP contribution in [0.5, 0.6) is 0 Å². The summed E-state index contributed by atoms with van der Waals surface area (Å²) in [6, 6.07) is 8.36. The molecule has 0 saturated carbocycles. The number of fused-ring (bicyclic) bond motifs is 6. The average Bonchev–Trinajstić information content (AvgIpc) is 2.94. The molecule has 0 amide bonds. The molecule has 0 fully saturated rings. The van der Waals surface area contributed by atoms with E-state index in [0.29, 0.717) is 0 Å². The Morgan fingerprint density at radius 2 is 1.82 bits per heavy atom. The van der Waals surface area contributed by atoms with Gasteiger partial charge in [-0.2, -0.15) is 10.2 Å². The van der Waals surface area contributed by atoms with Crippen molar-refractivity contribution in [3.63, 3.8) is 0 Å². The zero-order chi connectivity index (χ0) is 11.4. The summed E-state index contributed by atoms with van der Waals surface area (Å²) in [5.41, 5.74) is 2.00. The lowest BCUT2D eigenvalue weighted by Crippen LogP contribution is -1.85. The SMILES string of the molecule is Cn1cc2c3ccccc3c3cn[nH]c3c2n1. The Kier molecular flexibility index (Phi) is 1.47. The number of H-pyrrole nitrogens is 1. The van der Waals surface area contributed by atoms with Crippen molar-refractivity contribution in [2.45, 2.75) is 0 Å². The number of hydrogen-bond donors (Lipinski definition) is 1. The van der Waals surface area contributed by atoms with Crippen LogP contribution in [0, 0.1) is 0 Å². The van der Waals surface area contributed by atoms with E-state index in [1.165, 1.54) is 16.2 Å². The quantitative estimate of drug-likeness (QED) is 0.497. The van der Waals surface area contributed by atoms with Crippen LogP contribution in [-0.4, -0.2) is 20.0 Å². The van der Waals surface area contributed by atoms with Gasteiger partial charge in [-0.05, 0) is 10.8 Å². The topological polar surface area (TPSA) is 46.5 Å². The van der Waals surface area contributed by atoms with Crippen molar-refractivity contribution in [1.82, 2.24) is 20.0 Å². The highest BCUT2D eigenvalue weighted by atomic mass is 15.3. The van der Waals surface area contributed by atoms with Gasteiger partial charge in [0.15, 0.2) is 0 Å². The predicted octanol–water partition coefficient (Wildman–Crippen LogP) is 2.60. The molecule has 82 valence electrons. The van der Waals surface area contributed by atoms with Crippen LogP contribution in [0.3, 0.4) is 0 Å². The first-order valence-electron chi connectivity index (χ1n) is 5.52. The van der Waals surface area contributed by atoms with Gasteiger partial charge in [-0.1, -0.05) is 24.3 Å². The zero-order valence-electron chi connectivity index (χ0n) is 9.31. The molecule has 4 aromatic rings. The van der Waals surface area contributed by atoms with Gasteiger partial charge in [0.2, 0.25) is 0 Å². The molecule has 2 heterocycles. The maximum Gasteiger partial charge on any atom is 0.119 e. The van der Waals surface area contributed by atoms with Gasteiger partial charge in [-0.3, -0.25) is 9.78 Å². The first kappa shape index (κ1) is 8.75. The van der Waals surface area contributed by atoms with E-state index >= 15 is 0 Å². The van der Waals surface area contributed by atoms with Gasteiger partial charge in [0.1, 0.15) is 5.52 Å². The van der Waals surface area contributed by atoms with Gasteiger partial charge in [0.05, 0.1) is 11.7 Å². The number of rotatable bonds is 0. The van der Waals surface area contributed by atoms with Crippen LogP contribution in [0.25, 0.3) is 32.6 Å². The Morgan fingerprint density at radius 3 is 2.65 bits per heavy atom. The average molecular weight is 222 g/mol. The number of benzene rings is 2. The van der Waals surface area contributed by atoms with Gasteiger partial charge in [0, 0.05) is 24.0 Å². The highest BCUT2D eigenvalue weighted by Gasteiger charge is 2.11. The highest BCUT2D eigenvalue weighted by Crippen LogP contribution is 2.32. The van der Waals surface area contributed by atoms with Crippen LogP contribution in [-0.2, 0) is 7.05 Å². The van der Waals surface area contributed by atoms with Crippen molar-refractivity contribution in [2.24, 2.45) is 7.05 Å². The highest BCUT2D eigenvalue weighted by molar-refractivity contribution is 6.22. The van der Waals surface area contributed by atoms with Crippen molar-refractivity contribution >= 4 is 32.6 Å². The first-order chi connectivity index (χ1) is 8.34. The molecule has 0 aliphatic carbocycles. The first-order valence-corrected chi connectivity index (χ1v) is 5.52. The number of aryl methyl sites for hydroxylation is 1. The molecule has 0 spiro atoms. The van der Waals surface area contributed by atoms with Crippen LogP contribution in [0.1, 0.15) is 0 Å². The lowest BCUT2D eigenvalue weighted by atomic mass is 10.0. The lowest BCUT2D eigenvalue weighted by Gasteiger charge is -2.00. The molecule has 4 heteroatoms. The minimum atomic E-state index is 0.985. The predicted molar refractivity (Wildman–Crippen MR) is 67.9 cm³/mol. The second-order valence-corrected chi connectivity index (χ2v) is 4.27. The van der Waals surface area contributed by atoms with E-state index in [1.54, 1.807) is 0 Å². The number of aromatic nitrogens is 4. The molecule has 0 aliphatic heterocycles. The fourth-order valence-corrected chi connectivity index (χ4v) is 2.49. The second-order valence-electron chi connectivity index (χ2n) is 4.27. The van der Waals surface area contributed by atoms with Crippen molar-refractivity contribution in [1.29, 1.82) is 0 Å². The van der Waals surface area contributed by atoms with Crippen LogP contribution in [0.15, 0.2) is 36.7 Å². The van der Waals surface area contributed by atoms with Crippen molar-refractivity contribution in [3.8, 4) is 0 Å². The van der Waals surface area contributed by atoms with Gasteiger partial charge in [-0.25, -0.2) is 0 Å². The third-order valence-electron chi connectivity index (χ3n) is 3.21. The molecule has 0 aliphatic rings. The molecule has 0 bridgehead atoms. The van der Waals surface area contributed by atoms with Crippen LogP contribution < -0.4 is 0 Å². The van der Waals surface area contributed by atoms with Crippen molar-refractivity contribution < 1.29 is 0 Å². The summed E-state index contributed by atoms with van der Waals surface area (Å²) in [5, 5.41) is 16.4. The summed E-state index contributed by atoms with van der Waals surface area (Å²) in [6.45, 7) is 0. The molecule has 2 aromatic carbocycles. The fraction of sp³-hybridized carbons (Fsp3) is 0.0769. The van der Waals surface area contributed by atoms with Crippen LogP contribution >= 0.6 is 0 Å². The smallest absolute Gasteiger partial charge is 0.119 e. The summed E-state index contributed by atoms with van der Waals surface area (Å²) >= 11 is 0. The molecule has 2 aromatic heterocycles. The summed E-state index contributed by atoms with van der Waals surface area (Å²) in [6.07, 6.45) is 3.92. The Balaban J connectivity index is 2.47. The molecule has 4 rings (SSSR count). The molecular weight excluding hydrogens is 212 g/mol. The van der Waals surface area contributed by atoms with E-state index in [4.69, 9.17) is 0 Å². The fourth-order valence-electron chi connectivity index (χ4n) is 2.49. The molecule has 17 heavy (non-hydrogen) atoms. The maximum atomic E-state index is 4.51. The minimum absolute atomic E-state index is 0.985. The Hall–Kier alpha value is -2.36. The molecule has 0 unspecified atom stereocenters. The number of nitrogens with zero attached hydrogens (tertiary/aromatic N) is 3. The van der Waals surface area contributed by atoms with Gasteiger partial charge in [0.25, 0.3) is 0 Å². The van der Waals surface area contributed by atoms with Crippen LogP contribution in [0.4, 0.5) is 0 Å². The summed E-state index contributed by atoms with van der Waals surface area (Å²) in [7, 11) is 1.94. The number of aromatic amines is 1. The lowest BCUT2D eigenvalue weighted by molar-refractivity contribution is 0.780. The van der Waals surface area contributed by atoms with E-state index in [2.05, 4.69) is 45.8 Å². The van der Waals surface area contributed by atoms with Crippen LogP contribution in [0.2, 0.25) is 0 Å². The largest absolute Gasteiger partial charge is 0.276 e. The van der Waals surface area contributed by atoms with Crippen molar-refractivity contribution in [2.75, 3.05) is 0 Å². The Morgan fingerprint density at radius 1 is 1.06 bits per heavy atom. The van der Waals surface area contributed by atoms with Gasteiger partial charge in [-0.15, -0.1) is 0 Å². The van der Waals surface area contributed by atoms with E-state index in [1.807, 2.05) is 17.9 Å². The molecule has 0 saturated heterocycles. The van der Waals surface area contributed by atoms with Crippen molar-refractivity contribution in [3.05, 3.63) is 36.7 Å². The van der Waals surface area contributed by atoms with E-state index in [-0.39, 0.29) is 0 Å². The second kappa shape index (κ2) is 2.85.